The Hall–Kier alpha value is -3.20. The zero-order valence-electron chi connectivity index (χ0n) is 13.0. The van der Waals surface area contributed by atoms with Crippen LogP contribution in [0.3, 0.4) is 0 Å². The van der Waals surface area contributed by atoms with Gasteiger partial charge in [0.1, 0.15) is 6.07 Å². The SMILES string of the molecule is COc1cc(C(=O)Nc2ccccc2C#N)cc(OC)c1OC. The number of benzene rings is 2. The summed E-state index contributed by atoms with van der Waals surface area (Å²) < 4.78 is 15.7. The van der Waals surface area contributed by atoms with Gasteiger partial charge in [0, 0.05) is 5.56 Å². The van der Waals surface area contributed by atoms with Gasteiger partial charge in [-0.05, 0) is 24.3 Å². The molecule has 0 aromatic heterocycles. The molecule has 1 amide bonds. The Balaban J connectivity index is 2.38. The number of amides is 1. The molecule has 0 atom stereocenters. The zero-order valence-corrected chi connectivity index (χ0v) is 13.0. The van der Waals surface area contributed by atoms with Crippen molar-refractivity contribution in [2.24, 2.45) is 0 Å². The van der Waals surface area contributed by atoms with Crippen LogP contribution in [0.15, 0.2) is 36.4 Å². The van der Waals surface area contributed by atoms with Crippen molar-refractivity contribution in [1.82, 2.24) is 0 Å². The number of nitrogens with one attached hydrogen (secondary N) is 1. The van der Waals surface area contributed by atoms with Gasteiger partial charge >= 0.3 is 0 Å². The van der Waals surface area contributed by atoms with Crippen molar-refractivity contribution in [1.29, 1.82) is 5.26 Å². The van der Waals surface area contributed by atoms with Crippen LogP contribution in [-0.4, -0.2) is 27.2 Å². The van der Waals surface area contributed by atoms with Crippen LogP contribution in [0, 0.1) is 11.3 Å². The van der Waals surface area contributed by atoms with Crippen LogP contribution in [0.4, 0.5) is 5.69 Å². The smallest absolute Gasteiger partial charge is 0.255 e. The maximum atomic E-state index is 12.4. The predicted octanol–water partition coefficient (Wildman–Crippen LogP) is 2.84. The van der Waals surface area contributed by atoms with E-state index < -0.39 is 0 Å². The van der Waals surface area contributed by atoms with Crippen LogP contribution in [0.1, 0.15) is 15.9 Å². The van der Waals surface area contributed by atoms with Crippen molar-refractivity contribution in [2.45, 2.75) is 0 Å². The van der Waals surface area contributed by atoms with E-state index in [0.717, 1.165) is 0 Å². The molecule has 0 aliphatic rings. The van der Waals surface area contributed by atoms with Crippen molar-refractivity contribution in [3.05, 3.63) is 47.5 Å². The standard InChI is InChI=1S/C17H16N2O4/c1-21-14-8-12(9-15(22-2)16(14)23-3)17(20)19-13-7-5-4-6-11(13)10-18/h4-9H,1-3H3,(H,19,20). The highest BCUT2D eigenvalue weighted by Gasteiger charge is 2.17. The maximum absolute atomic E-state index is 12.4. The maximum Gasteiger partial charge on any atom is 0.255 e. The molecule has 2 aromatic carbocycles. The summed E-state index contributed by atoms with van der Waals surface area (Å²) in [4.78, 5) is 12.4. The average Bonchev–Trinajstić information content (AvgIpc) is 2.60. The van der Waals surface area contributed by atoms with E-state index in [4.69, 9.17) is 19.5 Å². The number of nitriles is 1. The number of hydrogen-bond acceptors (Lipinski definition) is 5. The number of hydrogen-bond donors (Lipinski definition) is 1. The van der Waals surface area contributed by atoms with Crippen LogP contribution in [0.5, 0.6) is 17.2 Å². The quantitative estimate of drug-likeness (QED) is 0.918. The van der Waals surface area contributed by atoms with E-state index in [1.165, 1.54) is 21.3 Å². The van der Waals surface area contributed by atoms with Crippen molar-refractivity contribution in [3.8, 4) is 23.3 Å². The molecule has 0 radical (unpaired) electrons. The molecular formula is C17H16N2O4. The fraction of sp³-hybridized carbons (Fsp3) is 0.176. The second kappa shape index (κ2) is 7.18. The molecule has 0 spiro atoms. The molecular weight excluding hydrogens is 296 g/mol. The van der Waals surface area contributed by atoms with Crippen LogP contribution >= 0.6 is 0 Å². The van der Waals surface area contributed by atoms with Crippen LogP contribution in [0.2, 0.25) is 0 Å². The third-order valence-electron chi connectivity index (χ3n) is 3.22. The van der Waals surface area contributed by atoms with Crippen molar-refractivity contribution in [3.63, 3.8) is 0 Å². The number of carbonyl (C=O) groups excluding carboxylic acids is 1. The summed E-state index contributed by atoms with van der Waals surface area (Å²) in [5.74, 6) is 0.784. The van der Waals surface area contributed by atoms with Gasteiger partial charge in [-0.15, -0.1) is 0 Å². The van der Waals surface area contributed by atoms with Crippen molar-refractivity contribution >= 4 is 11.6 Å². The number of methoxy groups -OCH3 is 3. The molecule has 0 unspecified atom stereocenters. The largest absolute Gasteiger partial charge is 0.493 e. The molecule has 6 nitrogen and oxygen atoms in total. The molecule has 0 heterocycles. The van der Waals surface area contributed by atoms with Gasteiger partial charge in [0.15, 0.2) is 11.5 Å². The third-order valence-corrected chi connectivity index (χ3v) is 3.22. The first kappa shape index (κ1) is 16.2. The molecule has 1 N–H and O–H groups in total. The lowest BCUT2D eigenvalue weighted by Gasteiger charge is -2.14. The van der Waals surface area contributed by atoms with Gasteiger partial charge in [0.05, 0.1) is 32.6 Å². The van der Waals surface area contributed by atoms with Gasteiger partial charge in [-0.3, -0.25) is 4.79 Å². The number of para-hydroxylation sites is 1. The highest BCUT2D eigenvalue weighted by molar-refractivity contribution is 6.05. The second-order valence-corrected chi connectivity index (χ2v) is 4.53. The highest BCUT2D eigenvalue weighted by atomic mass is 16.5. The van der Waals surface area contributed by atoms with Crippen LogP contribution in [-0.2, 0) is 0 Å². The highest BCUT2D eigenvalue weighted by Crippen LogP contribution is 2.38. The third kappa shape index (κ3) is 3.35. The van der Waals surface area contributed by atoms with E-state index in [9.17, 15) is 4.79 Å². The van der Waals surface area contributed by atoms with Gasteiger partial charge in [-0.1, -0.05) is 12.1 Å². The molecule has 0 aliphatic carbocycles. The number of nitrogens with zero attached hydrogens (tertiary/aromatic N) is 1. The molecule has 118 valence electrons. The predicted molar refractivity (Wildman–Crippen MR) is 85.2 cm³/mol. The molecule has 23 heavy (non-hydrogen) atoms. The Kier molecular flexibility index (Phi) is 5.05. The topological polar surface area (TPSA) is 80.6 Å². The zero-order chi connectivity index (χ0) is 16.8. The molecule has 0 fully saturated rings. The monoisotopic (exact) mass is 312 g/mol. The first-order chi connectivity index (χ1) is 11.1. The van der Waals surface area contributed by atoms with E-state index in [-0.39, 0.29) is 5.91 Å². The summed E-state index contributed by atoms with van der Waals surface area (Å²) in [7, 11) is 4.44. The van der Waals surface area contributed by atoms with E-state index in [1.807, 2.05) is 6.07 Å². The van der Waals surface area contributed by atoms with E-state index in [1.54, 1.807) is 36.4 Å². The summed E-state index contributed by atoms with van der Waals surface area (Å²) in [5.41, 5.74) is 1.15. The summed E-state index contributed by atoms with van der Waals surface area (Å²) in [6, 6.07) is 11.9. The number of rotatable bonds is 5. The van der Waals surface area contributed by atoms with E-state index >= 15 is 0 Å². The Labute approximate surface area is 134 Å². The van der Waals surface area contributed by atoms with Gasteiger partial charge < -0.3 is 19.5 Å². The van der Waals surface area contributed by atoms with E-state index in [2.05, 4.69) is 5.32 Å². The Morgan fingerprint density at radius 2 is 1.65 bits per heavy atom. The minimum atomic E-state index is -0.382. The minimum absolute atomic E-state index is 0.326. The second-order valence-electron chi connectivity index (χ2n) is 4.53. The molecule has 0 saturated heterocycles. The number of anilines is 1. The lowest BCUT2D eigenvalue weighted by atomic mass is 10.1. The van der Waals surface area contributed by atoms with Gasteiger partial charge in [0.25, 0.3) is 5.91 Å². The minimum Gasteiger partial charge on any atom is -0.493 e. The molecule has 6 heteroatoms. The fourth-order valence-corrected chi connectivity index (χ4v) is 2.10. The summed E-state index contributed by atoms with van der Waals surface area (Å²) in [5, 5.41) is 11.8. The molecule has 0 saturated carbocycles. The summed E-state index contributed by atoms with van der Waals surface area (Å²) in [6.07, 6.45) is 0. The summed E-state index contributed by atoms with van der Waals surface area (Å²) >= 11 is 0. The number of ether oxygens (including phenoxy) is 3. The van der Waals surface area contributed by atoms with Gasteiger partial charge in [0.2, 0.25) is 5.75 Å². The lowest BCUT2D eigenvalue weighted by Crippen LogP contribution is -2.13. The fourth-order valence-electron chi connectivity index (χ4n) is 2.10. The lowest BCUT2D eigenvalue weighted by molar-refractivity contribution is 0.102. The van der Waals surface area contributed by atoms with E-state index in [0.29, 0.717) is 34.1 Å². The van der Waals surface area contributed by atoms with Gasteiger partial charge in [-0.25, -0.2) is 0 Å². The Bertz CT molecular complexity index is 740. The molecule has 2 aromatic rings. The van der Waals surface area contributed by atoms with Crippen LogP contribution in [0.25, 0.3) is 0 Å². The van der Waals surface area contributed by atoms with Crippen molar-refractivity contribution in [2.75, 3.05) is 26.6 Å². The molecule has 0 bridgehead atoms. The average molecular weight is 312 g/mol. The molecule has 2 rings (SSSR count). The Morgan fingerprint density at radius 1 is 1.04 bits per heavy atom. The van der Waals surface area contributed by atoms with Gasteiger partial charge in [-0.2, -0.15) is 5.26 Å². The Morgan fingerprint density at radius 3 is 2.17 bits per heavy atom. The molecule has 0 aliphatic heterocycles. The first-order valence-electron chi connectivity index (χ1n) is 6.75. The summed E-state index contributed by atoms with van der Waals surface area (Å²) in [6.45, 7) is 0. The van der Waals surface area contributed by atoms with Crippen molar-refractivity contribution < 1.29 is 19.0 Å². The normalized spacial score (nSPS) is 9.65. The first-order valence-corrected chi connectivity index (χ1v) is 6.75. The number of carbonyl (C=O) groups is 1. The van der Waals surface area contributed by atoms with Crippen LogP contribution < -0.4 is 19.5 Å².